The molecule has 9 rings (SSSR count). The molecule has 54 heavy (non-hydrogen) atoms. The topological polar surface area (TPSA) is 122 Å². The van der Waals surface area contributed by atoms with Gasteiger partial charge in [0, 0.05) is 33.2 Å². The molecule has 2 aliphatic carbocycles. The number of carbonyl (C=O) groups excluding carboxylic acids is 4. The summed E-state index contributed by atoms with van der Waals surface area (Å²) in [4.78, 5) is 61.8. The van der Waals surface area contributed by atoms with E-state index < -0.39 is 35.0 Å². The number of anilines is 2. The fourth-order valence-electron chi connectivity index (χ4n) is 9.55. The third-order valence-electron chi connectivity index (χ3n) is 12.1. The smallest absolute Gasteiger partial charge is 0.242 e. The van der Waals surface area contributed by atoms with E-state index in [9.17, 15) is 19.5 Å². The minimum Gasteiger partial charge on any atom is -0.504 e. The van der Waals surface area contributed by atoms with Crippen molar-refractivity contribution in [2.24, 2.45) is 36.1 Å². The Balaban J connectivity index is 1.16. The number of aromatic hydroxyl groups is 1. The Morgan fingerprint density at radius 1 is 0.963 bits per heavy atom. The maximum atomic E-state index is 15.1. The lowest BCUT2D eigenvalue weighted by Gasteiger charge is -2.49. The van der Waals surface area contributed by atoms with Gasteiger partial charge in [-0.2, -0.15) is 5.10 Å². The Hall–Kier alpha value is -4.78. The van der Waals surface area contributed by atoms with Gasteiger partial charge in [0.05, 0.1) is 40.8 Å². The third kappa shape index (κ3) is 4.85. The van der Waals surface area contributed by atoms with Gasteiger partial charge in [-0.3, -0.25) is 28.8 Å². The first kappa shape index (κ1) is 35.0. The predicted octanol–water partition coefficient (Wildman–Crippen LogP) is 8.18. The van der Waals surface area contributed by atoms with Gasteiger partial charge >= 0.3 is 0 Å². The van der Waals surface area contributed by atoms with E-state index in [2.05, 4.69) is 15.9 Å². The predicted molar refractivity (Wildman–Crippen MR) is 210 cm³/mol. The number of halogens is 2. The molecule has 0 bridgehead atoms. The normalized spacial score (nSPS) is 26.3. The number of hydrogen-bond donors (Lipinski definition) is 1. The first-order chi connectivity index (χ1) is 25.8. The van der Waals surface area contributed by atoms with Gasteiger partial charge in [0.15, 0.2) is 11.5 Å². The number of methoxy groups -OCH3 is 1. The molecule has 6 atom stereocenters. The molecule has 2 aromatic heterocycles. The molecule has 3 fully saturated rings. The van der Waals surface area contributed by atoms with Gasteiger partial charge in [-0.1, -0.05) is 45.2 Å². The highest BCUT2D eigenvalue weighted by molar-refractivity contribution is 9.10. The van der Waals surface area contributed by atoms with Gasteiger partial charge in [-0.05, 0) is 104 Å². The quantitative estimate of drug-likeness (QED) is 0.140. The van der Waals surface area contributed by atoms with E-state index in [1.807, 2.05) is 38.1 Å². The number of phenols is 1. The Kier molecular flexibility index (Phi) is 8.01. The zero-order chi connectivity index (χ0) is 38.0. The van der Waals surface area contributed by atoms with E-state index in [1.165, 1.54) is 23.0 Å². The number of benzene rings is 3. The lowest BCUT2D eigenvalue weighted by atomic mass is 9.51. The number of aryl methyl sites for hydroxylation is 2. The molecule has 2 saturated heterocycles. The SMILES string of the molecule is COc1cc([C@H]2C3=CC[C@@H]4C(=O)N(c5ccc(Br)cc5)C(=O)[C@@H]4[C@@H]3C[C@H]3C(=O)N(c4cc(-c5sc6ccc(Cl)cc6c5C)nn4C)C(=O)[C@@]23C)ccc1O. The monoisotopic (exact) mass is 824 g/mol. The number of carbonyl (C=O) groups is 4. The van der Waals surface area contributed by atoms with Crippen LogP contribution in [0.15, 0.2) is 82.9 Å². The molecule has 0 unspecified atom stereocenters. The Morgan fingerprint density at radius 3 is 2.46 bits per heavy atom. The molecule has 4 amide bonds. The second-order valence-corrected chi connectivity index (χ2v) is 17.2. The largest absolute Gasteiger partial charge is 0.504 e. The van der Waals surface area contributed by atoms with Crippen LogP contribution in [-0.4, -0.2) is 45.6 Å². The van der Waals surface area contributed by atoms with Crippen LogP contribution < -0.4 is 14.5 Å². The summed E-state index contributed by atoms with van der Waals surface area (Å²) in [5.41, 5.74) is 2.36. The zero-order valence-electron chi connectivity index (χ0n) is 29.7. The summed E-state index contributed by atoms with van der Waals surface area (Å²) in [5, 5.41) is 17.0. The van der Waals surface area contributed by atoms with E-state index in [0.29, 0.717) is 34.2 Å². The third-order valence-corrected chi connectivity index (χ3v) is 14.2. The molecule has 13 heteroatoms. The Labute approximate surface area is 328 Å². The summed E-state index contributed by atoms with van der Waals surface area (Å²) in [6, 6.07) is 19.6. The number of ether oxygens (including phenoxy) is 1. The van der Waals surface area contributed by atoms with Gasteiger partial charge in [-0.15, -0.1) is 11.3 Å². The van der Waals surface area contributed by atoms with Crippen LogP contribution in [0.4, 0.5) is 11.5 Å². The fraction of sp³-hybridized carbons (Fsp3) is 0.293. The number of hydrogen-bond acceptors (Lipinski definition) is 8. The number of fused-ring (bicyclic) bond motifs is 5. The molecule has 2 aliphatic heterocycles. The summed E-state index contributed by atoms with van der Waals surface area (Å²) in [5.74, 6) is -4.12. The van der Waals surface area contributed by atoms with Crippen LogP contribution in [0.2, 0.25) is 5.02 Å². The van der Waals surface area contributed by atoms with Crippen LogP contribution in [0, 0.1) is 36.0 Å². The van der Waals surface area contributed by atoms with Crippen molar-refractivity contribution in [1.29, 1.82) is 0 Å². The maximum absolute atomic E-state index is 15.1. The van der Waals surface area contributed by atoms with Crippen molar-refractivity contribution in [3.8, 4) is 22.1 Å². The molecule has 10 nitrogen and oxygen atoms in total. The fourth-order valence-corrected chi connectivity index (χ4v) is 11.1. The van der Waals surface area contributed by atoms with Crippen LogP contribution in [0.5, 0.6) is 11.5 Å². The van der Waals surface area contributed by atoms with Gasteiger partial charge in [0.25, 0.3) is 0 Å². The van der Waals surface area contributed by atoms with Crippen LogP contribution >= 0.6 is 38.9 Å². The van der Waals surface area contributed by atoms with Crippen molar-refractivity contribution in [3.63, 3.8) is 0 Å². The average Bonchev–Trinajstić information content (AvgIpc) is 3.82. The number of phenolic OH excluding ortho intramolecular Hbond substituents is 1. The number of thiophene rings is 1. The van der Waals surface area contributed by atoms with E-state index in [-0.39, 0.29) is 41.5 Å². The molecule has 274 valence electrons. The summed E-state index contributed by atoms with van der Waals surface area (Å²) in [6.45, 7) is 3.84. The van der Waals surface area contributed by atoms with Gasteiger partial charge < -0.3 is 9.84 Å². The lowest BCUT2D eigenvalue weighted by molar-refractivity contribution is -0.131. The first-order valence-electron chi connectivity index (χ1n) is 17.6. The second-order valence-electron chi connectivity index (χ2n) is 14.8. The summed E-state index contributed by atoms with van der Waals surface area (Å²) in [6.07, 6.45) is 2.54. The van der Waals surface area contributed by atoms with Crippen molar-refractivity contribution in [2.75, 3.05) is 16.9 Å². The number of allylic oxidation sites excluding steroid dienone is 2. The van der Waals surface area contributed by atoms with E-state index >= 15 is 4.79 Å². The van der Waals surface area contributed by atoms with Crippen LogP contribution in [-0.2, 0) is 26.2 Å². The summed E-state index contributed by atoms with van der Waals surface area (Å²) >= 11 is 11.3. The first-order valence-corrected chi connectivity index (χ1v) is 19.6. The van der Waals surface area contributed by atoms with Crippen molar-refractivity contribution in [2.45, 2.75) is 32.6 Å². The van der Waals surface area contributed by atoms with Crippen LogP contribution in [0.25, 0.3) is 20.7 Å². The number of aromatic nitrogens is 2. The van der Waals surface area contributed by atoms with Crippen molar-refractivity contribution in [3.05, 3.63) is 99.0 Å². The molecule has 3 aromatic carbocycles. The standard InChI is InChI=1S/C41H34BrClN4O6S/c1-19-26-16-22(43)8-14-32(26)54-36(19)29-18-33(45(3)44-29)47-38(50)28-17-27-24(35(41(28,2)40(47)52)20-5-13-30(48)31(15-20)53-4)11-12-25-34(27)39(51)46(37(25)49)23-9-6-21(42)7-10-23/h5-11,13-16,18,25,27-28,34-35,48H,12,17H2,1-4H3/t25-,27+,28-,34-,35-,41+/m0/s1. The highest BCUT2D eigenvalue weighted by Gasteiger charge is 2.68. The molecule has 1 saturated carbocycles. The highest BCUT2D eigenvalue weighted by Crippen LogP contribution is 2.64. The average molecular weight is 826 g/mol. The number of amides is 4. The highest BCUT2D eigenvalue weighted by atomic mass is 79.9. The van der Waals surface area contributed by atoms with Crippen molar-refractivity contribution >= 4 is 84.1 Å². The maximum Gasteiger partial charge on any atom is 0.242 e. The number of imide groups is 2. The number of rotatable bonds is 5. The van der Waals surface area contributed by atoms with Gasteiger partial charge in [0.2, 0.25) is 23.6 Å². The molecule has 4 aliphatic rings. The van der Waals surface area contributed by atoms with Gasteiger partial charge in [0.1, 0.15) is 11.5 Å². The van der Waals surface area contributed by atoms with Crippen molar-refractivity contribution < 1.29 is 29.0 Å². The van der Waals surface area contributed by atoms with E-state index in [1.54, 1.807) is 65.5 Å². The van der Waals surface area contributed by atoms with E-state index in [4.69, 9.17) is 21.4 Å². The minimum absolute atomic E-state index is 0.0635. The Bertz CT molecular complexity index is 2510. The summed E-state index contributed by atoms with van der Waals surface area (Å²) < 4.78 is 8.95. The molecular weight excluding hydrogens is 792 g/mol. The molecule has 0 radical (unpaired) electrons. The van der Waals surface area contributed by atoms with E-state index in [0.717, 1.165) is 30.6 Å². The lowest BCUT2D eigenvalue weighted by Crippen LogP contribution is -2.48. The van der Waals surface area contributed by atoms with Crippen molar-refractivity contribution in [1.82, 2.24) is 9.78 Å². The second kappa shape index (κ2) is 12.4. The summed E-state index contributed by atoms with van der Waals surface area (Å²) in [7, 11) is 3.17. The minimum atomic E-state index is -1.28. The molecule has 4 heterocycles. The van der Waals surface area contributed by atoms with Gasteiger partial charge in [-0.25, -0.2) is 4.90 Å². The molecule has 5 aromatic rings. The molecular formula is C41H34BrClN4O6S. The Morgan fingerprint density at radius 2 is 1.72 bits per heavy atom. The molecule has 1 N–H and O–H groups in total. The number of nitrogens with zero attached hydrogens (tertiary/aromatic N) is 4. The zero-order valence-corrected chi connectivity index (χ0v) is 32.8. The van der Waals surface area contributed by atoms with Crippen LogP contribution in [0.1, 0.15) is 36.8 Å². The molecule has 0 spiro atoms. The van der Waals surface area contributed by atoms with Crippen LogP contribution in [0.3, 0.4) is 0 Å².